The molecule has 2 heterocycles. The van der Waals surface area contributed by atoms with Crippen molar-refractivity contribution in [3.63, 3.8) is 0 Å². The highest BCUT2D eigenvalue weighted by atomic mass is 32.2. The van der Waals surface area contributed by atoms with Gasteiger partial charge in [-0.3, -0.25) is 9.10 Å². The zero-order valence-electron chi connectivity index (χ0n) is 17.0. The molecule has 4 aromatic rings. The van der Waals surface area contributed by atoms with Gasteiger partial charge in [0.1, 0.15) is 15.0 Å². The van der Waals surface area contributed by atoms with Gasteiger partial charge in [0.15, 0.2) is 6.61 Å². The van der Waals surface area contributed by atoms with Gasteiger partial charge in [0, 0.05) is 29.9 Å². The smallest absolute Gasteiger partial charge is 0.273 e. The normalized spacial score (nSPS) is 11.2. The standard InChI is InChI=1S/C22H19N3O4S3/c1-25(32(27,28)21-3-2-13-30-21)18-8-10-19(11-9-18)29-15-20(26)24-17-6-4-16(5-7-17)22-23-12-14-31-22/h2-14H,15H2,1H3,(H,24,26). The molecule has 0 atom stereocenters. The van der Waals surface area contributed by atoms with Crippen LogP contribution in [0.5, 0.6) is 5.75 Å². The molecule has 0 fully saturated rings. The molecular formula is C22H19N3O4S3. The molecule has 2 aromatic heterocycles. The highest BCUT2D eigenvalue weighted by Crippen LogP contribution is 2.27. The van der Waals surface area contributed by atoms with Crippen LogP contribution in [0.4, 0.5) is 11.4 Å². The van der Waals surface area contributed by atoms with E-state index in [0.29, 0.717) is 17.1 Å². The molecular weight excluding hydrogens is 466 g/mol. The first-order valence-corrected chi connectivity index (χ1v) is 12.7. The Morgan fingerprint density at radius 3 is 2.41 bits per heavy atom. The number of hydrogen-bond donors (Lipinski definition) is 1. The van der Waals surface area contributed by atoms with Crippen molar-refractivity contribution in [3.8, 4) is 16.3 Å². The number of anilines is 2. The third kappa shape index (κ3) is 4.98. The summed E-state index contributed by atoms with van der Waals surface area (Å²) in [6, 6.07) is 17.2. The van der Waals surface area contributed by atoms with Gasteiger partial charge in [-0.25, -0.2) is 13.4 Å². The van der Waals surface area contributed by atoms with Crippen LogP contribution in [0, 0.1) is 0 Å². The molecule has 1 amide bonds. The van der Waals surface area contributed by atoms with E-state index in [1.54, 1.807) is 59.3 Å². The Kier molecular flexibility index (Phi) is 6.54. The number of thiophene rings is 1. The van der Waals surface area contributed by atoms with Crippen molar-refractivity contribution in [2.75, 3.05) is 23.3 Å². The lowest BCUT2D eigenvalue weighted by atomic mass is 10.2. The fraction of sp³-hybridized carbons (Fsp3) is 0.0909. The highest BCUT2D eigenvalue weighted by molar-refractivity contribution is 7.94. The Labute approximate surface area is 194 Å². The minimum absolute atomic E-state index is 0.170. The minimum Gasteiger partial charge on any atom is -0.484 e. The SMILES string of the molecule is CN(c1ccc(OCC(=O)Nc2ccc(-c3nccs3)cc2)cc1)S(=O)(=O)c1cccs1. The molecule has 0 spiro atoms. The maximum atomic E-state index is 12.6. The summed E-state index contributed by atoms with van der Waals surface area (Å²) >= 11 is 2.72. The van der Waals surface area contributed by atoms with Crippen LogP contribution >= 0.6 is 22.7 Å². The number of amides is 1. The second-order valence-electron chi connectivity index (χ2n) is 6.65. The van der Waals surface area contributed by atoms with E-state index in [2.05, 4.69) is 10.3 Å². The van der Waals surface area contributed by atoms with Gasteiger partial charge in [0.25, 0.3) is 15.9 Å². The number of nitrogens with one attached hydrogen (secondary N) is 1. The second kappa shape index (κ2) is 9.51. The van der Waals surface area contributed by atoms with E-state index in [0.717, 1.165) is 10.6 Å². The predicted octanol–water partition coefficient (Wildman–Crippen LogP) is 4.71. The Hall–Kier alpha value is -3.21. The number of aromatic nitrogens is 1. The van der Waals surface area contributed by atoms with E-state index in [4.69, 9.17) is 4.74 Å². The van der Waals surface area contributed by atoms with Crippen LogP contribution in [0.15, 0.2) is 81.8 Å². The van der Waals surface area contributed by atoms with Crippen LogP contribution < -0.4 is 14.4 Å². The van der Waals surface area contributed by atoms with Crippen LogP contribution in [0.3, 0.4) is 0 Å². The van der Waals surface area contributed by atoms with Crippen LogP contribution in [-0.2, 0) is 14.8 Å². The molecule has 0 saturated carbocycles. The number of sulfonamides is 1. The first-order chi connectivity index (χ1) is 15.4. The Balaban J connectivity index is 1.31. The largest absolute Gasteiger partial charge is 0.484 e. The average Bonchev–Trinajstić information content (AvgIpc) is 3.53. The fourth-order valence-electron chi connectivity index (χ4n) is 2.84. The van der Waals surface area contributed by atoms with Crippen LogP contribution in [0.2, 0.25) is 0 Å². The Morgan fingerprint density at radius 2 is 1.78 bits per heavy atom. The summed E-state index contributed by atoms with van der Waals surface area (Å²) in [6.45, 7) is -0.170. The van der Waals surface area contributed by atoms with Gasteiger partial charge in [-0.1, -0.05) is 6.07 Å². The number of thiazole rings is 1. The molecule has 2 aromatic carbocycles. The summed E-state index contributed by atoms with van der Waals surface area (Å²) in [5, 5.41) is 7.33. The Bertz CT molecular complexity index is 1270. The van der Waals surface area contributed by atoms with Crippen molar-refractivity contribution < 1.29 is 17.9 Å². The highest BCUT2D eigenvalue weighted by Gasteiger charge is 2.22. The molecule has 0 saturated heterocycles. The minimum atomic E-state index is -3.60. The molecule has 1 N–H and O–H groups in total. The zero-order chi connectivity index (χ0) is 22.6. The Morgan fingerprint density at radius 1 is 1.03 bits per heavy atom. The third-order valence-electron chi connectivity index (χ3n) is 4.53. The van der Waals surface area contributed by atoms with Gasteiger partial charge in [-0.15, -0.1) is 22.7 Å². The molecule has 0 bridgehead atoms. The van der Waals surface area contributed by atoms with Gasteiger partial charge in [-0.05, 0) is 60.0 Å². The average molecular weight is 486 g/mol. The van der Waals surface area contributed by atoms with Gasteiger partial charge >= 0.3 is 0 Å². The molecule has 0 aliphatic rings. The number of nitrogens with zero attached hydrogens (tertiary/aromatic N) is 2. The lowest BCUT2D eigenvalue weighted by molar-refractivity contribution is -0.118. The maximum Gasteiger partial charge on any atom is 0.273 e. The first kappa shape index (κ1) is 22.0. The van der Waals surface area contributed by atoms with Crippen LogP contribution in [0.1, 0.15) is 0 Å². The summed E-state index contributed by atoms with van der Waals surface area (Å²) in [4.78, 5) is 16.5. The van der Waals surface area contributed by atoms with Crippen molar-refractivity contribution in [1.82, 2.24) is 4.98 Å². The summed E-state index contributed by atoms with van der Waals surface area (Å²) in [7, 11) is -2.10. The lowest BCUT2D eigenvalue weighted by Crippen LogP contribution is -2.25. The molecule has 0 radical (unpaired) electrons. The molecule has 4 rings (SSSR count). The van der Waals surface area contributed by atoms with Gasteiger partial charge in [0.2, 0.25) is 0 Å². The van der Waals surface area contributed by atoms with Crippen LogP contribution in [-0.4, -0.2) is 33.0 Å². The number of hydrogen-bond acceptors (Lipinski definition) is 7. The summed E-state index contributed by atoms with van der Waals surface area (Å²) in [6.07, 6.45) is 1.75. The molecule has 0 unspecified atom stereocenters. The topological polar surface area (TPSA) is 88.6 Å². The van der Waals surface area contributed by atoms with Gasteiger partial charge in [-0.2, -0.15) is 0 Å². The molecule has 32 heavy (non-hydrogen) atoms. The van der Waals surface area contributed by atoms with Gasteiger partial charge in [0.05, 0.1) is 5.69 Å². The number of carbonyl (C=O) groups is 1. The number of carbonyl (C=O) groups excluding carboxylic acids is 1. The van der Waals surface area contributed by atoms with Crippen molar-refractivity contribution in [2.45, 2.75) is 4.21 Å². The van der Waals surface area contributed by atoms with Crippen molar-refractivity contribution in [2.24, 2.45) is 0 Å². The molecule has 7 nitrogen and oxygen atoms in total. The van der Waals surface area contributed by atoms with E-state index >= 15 is 0 Å². The molecule has 0 aliphatic carbocycles. The number of rotatable bonds is 8. The molecule has 0 aliphatic heterocycles. The van der Waals surface area contributed by atoms with E-state index in [9.17, 15) is 13.2 Å². The summed E-state index contributed by atoms with van der Waals surface area (Å²) in [5.41, 5.74) is 2.14. The molecule has 10 heteroatoms. The summed E-state index contributed by atoms with van der Waals surface area (Å²) < 4.78 is 32.2. The number of ether oxygens (including phenoxy) is 1. The van der Waals surface area contributed by atoms with E-state index in [1.807, 2.05) is 29.6 Å². The maximum absolute atomic E-state index is 12.6. The lowest BCUT2D eigenvalue weighted by Gasteiger charge is -2.18. The van der Waals surface area contributed by atoms with Gasteiger partial charge < -0.3 is 10.1 Å². The van der Waals surface area contributed by atoms with Crippen molar-refractivity contribution in [1.29, 1.82) is 0 Å². The van der Waals surface area contributed by atoms with Crippen LogP contribution in [0.25, 0.3) is 10.6 Å². The fourth-order valence-corrected chi connectivity index (χ4v) is 5.85. The zero-order valence-corrected chi connectivity index (χ0v) is 19.4. The van der Waals surface area contributed by atoms with Crippen molar-refractivity contribution >= 4 is 50.0 Å². The van der Waals surface area contributed by atoms with E-state index in [-0.39, 0.29) is 16.7 Å². The quantitative estimate of drug-likeness (QED) is 0.390. The first-order valence-electron chi connectivity index (χ1n) is 9.48. The third-order valence-corrected chi connectivity index (χ3v) is 8.51. The van der Waals surface area contributed by atoms with Crippen molar-refractivity contribution in [3.05, 3.63) is 77.6 Å². The molecule has 164 valence electrons. The monoisotopic (exact) mass is 485 g/mol. The van der Waals surface area contributed by atoms with E-state index < -0.39 is 10.0 Å². The predicted molar refractivity (Wildman–Crippen MR) is 128 cm³/mol. The number of benzene rings is 2. The second-order valence-corrected chi connectivity index (χ2v) is 10.7. The summed E-state index contributed by atoms with van der Waals surface area (Å²) in [5.74, 6) is 0.165. The van der Waals surface area contributed by atoms with E-state index in [1.165, 1.54) is 22.7 Å².